The molecule has 0 saturated carbocycles. The lowest BCUT2D eigenvalue weighted by atomic mass is 9.73. The molecule has 2 rings (SSSR count). The van der Waals surface area contributed by atoms with Gasteiger partial charge in [0.1, 0.15) is 11.9 Å². The predicted molar refractivity (Wildman–Crippen MR) is 141 cm³/mol. The smallest absolute Gasteiger partial charge is 0.309 e. The molecule has 196 valence electrons. The van der Waals surface area contributed by atoms with Gasteiger partial charge in [-0.15, -0.1) is 11.3 Å². The van der Waals surface area contributed by atoms with Crippen LogP contribution in [0, 0.1) is 24.2 Å². The Kier molecular flexibility index (Phi) is 10.9. The Morgan fingerprint density at radius 3 is 2.57 bits per heavy atom. The minimum absolute atomic E-state index is 0.0441. The van der Waals surface area contributed by atoms with Crippen molar-refractivity contribution >= 4 is 29.2 Å². The maximum Gasteiger partial charge on any atom is 0.309 e. The molecule has 7 heteroatoms. The van der Waals surface area contributed by atoms with Gasteiger partial charge in [-0.25, -0.2) is 4.98 Å². The fourth-order valence-corrected chi connectivity index (χ4v) is 5.21. The monoisotopic (exact) mass is 505 g/mol. The van der Waals surface area contributed by atoms with E-state index in [-0.39, 0.29) is 18.1 Å². The molecule has 0 aromatic carbocycles. The van der Waals surface area contributed by atoms with Crippen LogP contribution < -0.4 is 0 Å². The van der Waals surface area contributed by atoms with Crippen LogP contribution in [0.5, 0.6) is 0 Å². The summed E-state index contributed by atoms with van der Waals surface area (Å²) in [5.41, 5.74) is 1.81. The first-order valence-electron chi connectivity index (χ1n) is 12.7. The second kappa shape index (κ2) is 12.9. The zero-order valence-corrected chi connectivity index (χ0v) is 23.2. The molecule has 35 heavy (non-hydrogen) atoms. The van der Waals surface area contributed by atoms with Crippen molar-refractivity contribution in [1.29, 1.82) is 0 Å². The number of allylic oxidation sites excluding steroid dienone is 1. The Hall–Kier alpha value is -1.83. The second-order valence-electron chi connectivity index (χ2n) is 10.6. The molecular formula is C28H43NO5S. The topological polar surface area (TPSA) is 96.7 Å². The Labute approximate surface area is 214 Å². The summed E-state index contributed by atoms with van der Waals surface area (Å²) >= 11 is 1.57. The standard InChI is InChI=1S/C28H43NO5S/c1-8-21-11-9-10-17(2)26(32)19(4)27(33)28(6,7)24(30)15-25(31)34-23(13-12-21)18(3)14-22-16-35-20(5)29-22/h12,14,16-17,19,23-24,26,30,32H,8-11,13,15H2,1-7H3/t17-,19+,23-,24-,26-/m0/s1. The second-order valence-corrected chi connectivity index (χ2v) is 11.6. The van der Waals surface area contributed by atoms with Gasteiger partial charge in [-0.3, -0.25) is 9.59 Å². The molecule has 0 fully saturated rings. The number of hydrogen-bond donors (Lipinski definition) is 2. The Bertz CT molecular complexity index is 932. The number of Topliss-reactive ketones (excluding diaryl/α,β-unsaturated/α-hetero) is 1. The quantitative estimate of drug-likeness (QED) is 0.407. The van der Waals surface area contributed by atoms with Crippen molar-refractivity contribution < 1.29 is 24.5 Å². The Balaban J connectivity index is 2.37. The van der Waals surface area contributed by atoms with Gasteiger partial charge in [0.15, 0.2) is 0 Å². The van der Waals surface area contributed by atoms with Crippen molar-refractivity contribution in [3.63, 3.8) is 0 Å². The number of ether oxygens (including phenoxy) is 1. The van der Waals surface area contributed by atoms with Gasteiger partial charge in [-0.05, 0) is 57.1 Å². The highest BCUT2D eigenvalue weighted by Crippen LogP contribution is 2.32. The van der Waals surface area contributed by atoms with Crippen LogP contribution >= 0.6 is 11.3 Å². The van der Waals surface area contributed by atoms with E-state index >= 15 is 0 Å². The first-order chi connectivity index (χ1) is 16.4. The number of aromatic nitrogens is 1. The summed E-state index contributed by atoms with van der Waals surface area (Å²) in [7, 11) is 0. The summed E-state index contributed by atoms with van der Waals surface area (Å²) in [6.07, 6.45) is 5.35. The third-order valence-electron chi connectivity index (χ3n) is 7.36. The Morgan fingerprint density at radius 2 is 1.97 bits per heavy atom. The minimum Gasteiger partial charge on any atom is -0.457 e. The number of aliphatic hydroxyl groups excluding tert-OH is 2. The summed E-state index contributed by atoms with van der Waals surface area (Å²) in [5, 5.41) is 24.6. The summed E-state index contributed by atoms with van der Waals surface area (Å²) in [4.78, 5) is 30.6. The van der Waals surface area contributed by atoms with Crippen LogP contribution in [0.1, 0.15) is 90.8 Å². The van der Waals surface area contributed by atoms with Gasteiger partial charge in [-0.2, -0.15) is 0 Å². The van der Waals surface area contributed by atoms with Crippen LogP contribution in [0.2, 0.25) is 0 Å². The number of thiazole rings is 1. The minimum atomic E-state index is -1.21. The third kappa shape index (κ3) is 8.09. The number of hydrogen-bond acceptors (Lipinski definition) is 7. The van der Waals surface area contributed by atoms with Gasteiger partial charge in [0.25, 0.3) is 0 Å². The van der Waals surface area contributed by atoms with Crippen LogP contribution in [0.15, 0.2) is 22.6 Å². The number of aliphatic hydroxyl groups is 2. The van der Waals surface area contributed by atoms with Gasteiger partial charge < -0.3 is 14.9 Å². The van der Waals surface area contributed by atoms with Crippen molar-refractivity contribution in [2.75, 3.05) is 0 Å². The van der Waals surface area contributed by atoms with Gasteiger partial charge in [-0.1, -0.05) is 46.3 Å². The highest BCUT2D eigenvalue weighted by atomic mass is 32.1. The largest absolute Gasteiger partial charge is 0.457 e. The van der Waals surface area contributed by atoms with Crippen molar-refractivity contribution in [3.8, 4) is 0 Å². The molecule has 0 amide bonds. The highest BCUT2D eigenvalue weighted by Gasteiger charge is 2.42. The van der Waals surface area contributed by atoms with Crippen LogP contribution in [-0.2, 0) is 14.3 Å². The predicted octanol–water partition coefficient (Wildman–Crippen LogP) is 5.66. The van der Waals surface area contributed by atoms with Gasteiger partial charge in [0.2, 0.25) is 0 Å². The highest BCUT2D eigenvalue weighted by molar-refractivity contribution is 7.09. The molecule has 1 aromatic heterocycles. The molecule has 0 radical (unpaired) electrons. The summed E-state index contributed by atoms with van der Waals surface area (Å²) < 4.78 is 5.85. The molecule has 1 aromatic rings. The van der Waals surface area contributed by atoms with E-state index in [9.17, 15) is 19.8 Å². The molecule has 0 aliphatic carbocycles. The van der Waals surface area contributed by atoms with E-state index in [1.54, 1.807) is 32.1 Å². The number of esters is 1. The van der Waals surface area contributed by atoms with Gasteiger partial charge in [0.05, 0.1) is 34.7 Å². The molecule has 0 unspecified atom stereocenters. The zero-order chi connectivity index (χ0) is 26.3. The van der Waals surface area contributed by atoms with E-state index in [1.165, 1.54) is 5.57 Å². The van der Waals surface area contributed by atoms with Crippen molar-refractivity contribution in [2.24, 2.45) is 17.3 Å². The van der Waals surface area contributed by atoms with Crippen LogP contribution in [0.4, 0.5) is 0 Å². The third-order valence-corrected chi connectivity index (χ3v) is 8.15. The van der Waals surface area contributed by atoms with E-state index < -0.39 is 35.6 Å². The van der Waals surface area contributed by atoms with Crippen molar-refractivity contribution in [1.82, 2.24) is 4.98 Å². The zero-order valence-electron chi connectivity index (χ0n) is 22.3. The van der Waals surface area contributed by atoms with Gasteiger partial charge in [0, 0.05) is 17.7 Å². The van der Waals surface area contributed by atoms with E-state index in [0.29, 0.717) is 6.42 Å². The summed E-state index contributed by atoms with van der Waals surface area (Å²) in [6, 6.07) is 0. The maximum atomic E-state index is 13.2. The molecule has 0 saturated heterocycles. The molecule has 5 atom stereocenters. The van der Waals surface area contributed by atoms with Gasteiger partial charge >= 0.3 is 5.97 Å². The van der Waals surface area contributed by atoms with Crippen LogP contribution in [0.3, 0.4) is 0 Å². The normalized spacial score (nSPS) is 30.0. The van der Waals surface area contributed by atoms with Crippen LogP contribution in [0.25, 0.3) is 6.08 Å². The fourth-order valence-electron chi connectivity index (χ4n) is 4.64. The van der Waals surface area contributed by atoms with Crippen molar-refractivity contribution in [3.05, 3.63) is 33.3 Å². The fraction of sp³-hybridized carbons (Fsp3) is 0.679. The molecule has 2 N–H and O–H groups in total. The molecular weight excluding hydrogens is 462 g/mol. The molecule has 1 aliphatic rings. The number of aryl methyl sites for hydroxylation is 1. The molecule has 6 nitrogen and oxygen atoms in total. The van der Waals surface area contributed by atoms with Crippen molar-refractivity contribution in [2.45, 2.75) is 105 Å². The SMILES string of the molecule is CCC1=CC[C@@H](C(C)=Cc2csc(C)n2)OC(=O)C[C@H](O)C(C)(C)C(=O)[C@H](C)[C@@H](O)[C@@H](C)CCC1. The average molecular weight is 506 g/mol. The lowest BCUT2D eigenvalue weighted by Gasteiger charge is -2.34. The molecule has 2 heterocycles. The number of nitrogens with zero attached hydrogens (tertiary/aromatic N) is 1. The molecule has 0 bridgehead atoms. The number of rotatable bonds is 3. The van der Waals surface area contributed by atoms with E-state index in [0.717, 1.165) is 42.0 Å². The maximum absolute atomic E-state index is 13.2. The first-order valence-corrected chi connectivity index (χ1v) is 13.6. The van der Waals surface area contributed by atoms with E-state index in [1.807, 2.05) is 32.2 Å². The first kappa shape index (κ1) is 29.4. The summed E-state index contributed by atoms with van der Waals surface area (Å²) in [5.74, 6) is -1.48. The lowest BCUT2D eigenvalue weighted by molar-refractivity contribution is -0.154. The number of carbonyl (C=O) groups excluding carboxylic acids is 2. The van der Waals surface area contributed by atoms with E-state index in [2.05, 4.69) is 18.0 Å². The number of cyclic esters (lactones) is 1. The number of carbonyl (C=O) groups is 2. The Morgan fingerprint density at radius 1 is 1.29 bits per heavy atom. The number of ketones is 1. The van der Waals surface area contributed by atoms with Crippen LogP contribution in [-0.4, -0.2) is 45.3 Å². The summed E-state index contributed by atoms with van der Waals surface area (Å²) in [6.45, 7) is 12.9. The van der Waals surface area contributed by atoms with E-state index in [4.69, 9.17) is 4.74 Å². The average Bonchev–Trinajstić information content (AvgIpc) is 3.21. The molecule has 1 aliphatic heterocycles. The lowest BCUT2D eigenvalue weighted by Crippen LogP contribution is -2.45. The molecule has 0 spiro atoms.